The third-order valence-electron chi connectivity index (χ3n) is 3.24. The predicted molar refractivity (Wildman–Crippen MR) is 72.7 cm³/mol. The Morgan fingerprint density at radius 3 is 2.83 bits per heavy atom. The first-order valence-electron chi connectivity index (χ1n) is 6.54. The normalized spacial score (nSPS) is 16.7. The fourth-order valence-corrected chi connectivity index (χ4v) is 3.22. The number of hydrogen-bond donors (Lipinski definition) is 2. The van der Waals surface area contributed by atoms with Crippen LogP contribution in [0.2, 0.25) is 0 Å². The van der Waals surface area contributed by atoms with Crippen molar-refractivity contribution in [1.29, 1.82) is 0 Å². The lowest BCUT2D eigenvalue weighted by molar-refractivity contribution is -0.115. The van der Waals surface area contributed by atoms with Crippen molar-refractivity contribution in [2.75, 3.05) is 18.9 Å². The Bertz CT molecular complexity index is 387. The molecular weight excluding hydrogens is 248 g/mol. The van der Waals surface area contributed by atoms with E-state index < -0.39 is 0 Å². The Kier molecular flexibility index (Phi) is 5.07. The van der Waals surface area contributed by atoms with Crippen LogP contribution >= 0.6 is 11.3 Å². The SMILES string of the molecule is CNCC(=O)Nc1nnc(CC2CCCCC2)s1. The number of aromatic nitrogens is 2. The molecule has 6 heteroatoms. The van der Waals surface area contributed by atoms with Gasteiger partial charge in [0.05, 0.1) is 6.54 Å². The third kappa shape index (κ3) is 4.03. The van der Waals surface area contributed by atoms with Crippen molar-refractivity contribution in [3.05, 3.63) is 5.01 Å². The van der Waals surface area contributed by atoms with E-state index >= 15 is 0 Å². The van der Waals surface area contributed by atoms with Crippen LogP contribution in [0.3, 0.4) is 0 Å². The lowest BCUT2D eigenvalue weighted by Crippen LogP contribution is -2.24. The van der Waals surface area contributed by atoms with E-state index in [0.717, 1.165) is 17.3 Å². The summed E-state index contributed by atoms with van der Waals surface area (Å²) >= 11 is 1.50. The summed E-state index contributed by atoms with van der Waals surface area (Å²) in [5.41, 5.74) is 0. The van der Waals surface area contributed by atoms with Crippen molar-refractivity contribution in [2.45, 2.75) is 38.5 Å². The Morgan fingerprint density at radius 1 is 1.33 bits per heavy atom. The van der Waals surface area contributed by atoms with E-state index in [1.807, 2.05) is 0 Å². The number of likely N-dealkylation sites (N-methyl/N-ethyl adjacent to an activating group) is 1. The first-order valence-corrected chi connectivity index (χ1v) is 7.36. The smallest absolute Gasteiger partial charge is 0.240 e. The summed E-state index contributed by atoms with van der Waals surface area (Å²) in [6.45, 7) is 0.303. The van der Waals surface area contributed by atoms with E-state index in [4.69, 9.17) is 0 Å². The van der Waals surface area contributed by atoms with Gasteiger partial charge in [0.1, 0.15) is 5.01 Å². The zero-order chi connectivity index (χ0) is 12.8. The fourth-order valence-electron chi connectivity index (χ4n) is 2.35. The first kappa shape index (κ1) is 13.4. The van der Waals surface area contributed by atoms with Gasteiger partial charge in [0.25, 0.3) is 0 Å². The molecule has 1 fully saturated rings. The average molecular weight is 268 g/mol. The zero-order valence-electron chi connectivity index (χ0n) is 10.7. The highest BCUT2D eigenvalue weighted by molar-refractivity contribution is 7.15. The maximum absolute atomic E-state index is 11.4. The van der Waals surface area contributed by atoms with Crippen LogP contribution in [0.25, 0.3) is 0 Å². The molecule has 1 aliphatic rings. The van der Waals surface area contributed by atoms with Crippen LogP contribution in [0.1, 0.15) is 37.1 Å². The standard InChI is InChI=1S/C12H20N4OS/c1-13-8-10(17)14-12-16-15-11(18-12)7-9-5-3-2-4-6-9/h9,13H,2-8H2,1H3,(H,14,16,17). The van der Waals surface area contributed by atoms with E-state index in [9.17, 15) is 4.79 Å². The number of amides is 1. The molecule has 1 heterocycles. The fraction of sp³-hybridized carbons (Fsp3) is 0.750. The van der Waals surface area contributed by atoms with Crippen LogP contribution in [0.4, 0.5) is 5.13 Å². The van der Waals surface area contributed by atoms with Crippen LogP contribution in [0.15, 0.2) is 0 Å². The minimum atomic E-state index is -0.0714. The zero-order valence-corrected chi connectivity index (χ0v) is 11.6. The highest BCUT2D eigenvalue weighted by atomic mass is 32.1. The summed E-state index contributed by atoms with van der Waals surface area (Å²) in [5.74, 6) is 0.686. The van der Waals surface area contributed by atoms with Crippen molar-refractivity contribution in [2.24, 2.45) is 5.92 Å². The minimum absolute atomic E-state index is 0.0714. The number of nitrogens with zero attached hydrogens (tertiary/aromatic N) is 2. The van der Waals surface area contributed by atoms with Gasteiger partial charge in [-0.1, -0.05) is 43.4 Å². The maximum atomic E-state index is 11.4. The summed E-state index contributed by atoms with van der Waals surface area (Å²) in [7, 11) is 1.74. The van der Waals surface area contributed by atoms with Crippen LogP contribution in [0, 0.1) is 5.92 Å². The molecule has 0 aromatic carbocycles. The molecule has 1 saturated carbocycles. The number of carbonyl (C=O) groups excluding carboxylic acids is 1. The monoisotopic (exact) mass is 268 g/mol. The number of hydrogen-bond acceptors (Lipinski definition) is 5. The lowest BCUT2D eigenvalue weighted by Gasteiger charge is -2.19. The molecule has 5 nitrogen and oxygen atoms in total. The van der Waals surface area contributed by atoms with Gasteiger partial charge in [-0.3, -0.25) is 10.1 Å². The summed E-state index contributed by atoms with van der Waals surface area (Å²) in [5, 5.41) is 15.4. The van der Waals surface area contributed by atoms with E-state index in [0.29, 0.717) is 11.7 Å². The molecule has 100 valence electrons. The van der Waals surface area contributed by atoms with Gasteiger partial charge in [0, 0.05) is 6.42 Å². The van der Waals surface area contributed by atoms with E-state index in [-0.39, 0.29) is 5.91 Å². The molecule has 18 heavy (non-hydrogen) atoms. The molecule has 0 radical (unpaired) electrons. The van der Waals surface area contributed by atoms with Gasteiger partial charge in [-0.25, -0.2) is 0 Å². The van der Waals surface area contributed by atoms with Crippen molar-refractivity contribution >= 4 is 22.4 Å². The maximum Gasteiger partial charge on any atom is 0.240 e. The van der Waals surface area contributed by atoms with Crippen molar-refractivity contribution in [3.63, 3.8) is 0 Å². The number of rotatable bonds is 5. The Labute approximate surface area is 111 Å². The first-order chi connectivity index (χ1) is 8.78. The molecule has 1 aliphatic carbocycles. The molecule has 0 saturated heterocycles. The molecular formula is C12H20N4OS. The minimum Gasteiger partial charge on any atom is -0.311 e. The van der Waals surface area contributed by atoms with Crippen LogP contribution < -0.4 is 10.6 Å². The Morgan fingerprint density at radius 2 is 2.11 bits per heavy atom. The summed E-state index contributed by atoms with van der Waals surface area (Å²) in [6, 6.07) is 0. The molecule has 2 rings (SSSR count). The average Bonchev–Trinajstić information content (AvgIpc) is 2.78. The molecule has 0 unspecified atom stereocenters. The highest BCUT2D eigenvalue weighted by Gasteiger charge is 2.16. The summed E-state index contributed by atoms with van der Waals surface area (Å²) in [6.07, 6.45) is 7.68. The lowest BCUT2D eigenvalue weighted by atomic mass is 9.87. The molecule has 0 aliphatic heterocycles. The highest BCUT2D eigenvalue weighted by Crippen LogP contribution is 2.28. The molecule has 1 amide bonds. The third-order valence-corrected chi connectivity index (χ3v) is 4.10. The van der Waals surface area contributed by atoms with Gasteiger partial charge in [-0.15, -0.1) is 10.2 Å². The quantitative estimate of drug-likeness (QED) is 0.855. The van der Waals surface area contributed by atoms with E-state index in [1.54, 1.807) is 7.05 Å². The van der Waals surface area contributed by atoms with Gasteiger partial charge in [-0.2, -0.15) is 0 Å². The van der Waals surface area contributed by atoms with E-state index in [2.05, 4.69) is 20.8 Å². The van der Waals surface area contributed by atoms with Crippen molar-refractivity contribution in [3.8, 4) is 0 Å². The Hall–Kier alpha value is -1.01. The molecule has 1 aromatic rings. The number of nitrogens with one attached hydrogen (secondary N) is 2. The molecule has 2 N–H and O–H groups in total. The number of anilines is 1. The van der Waals surface area contributed by atoms with Gasteiger partial charge < -0.3 is 5.32 Å². The van der Waals surface area contributed by atoms with Gasteiger partial charge >= 0.3 is 0 Å². The summed E-state index contributed by atoms with van der Waals surface area (Å²) < 4.78 is 0. The van der Waals surface area contributed by atoms with Crippen molar-refractivity contribution < 1.29 is 4.79 Å². The summed E-state index contributed by atoms with van der Waals surface area (Å²) in [4.78, 5) is 11.4. The topological polar surface area (TPSA) is 66.9 Å². The predicted octanol–water partition coefficient (Wildman–Crippen LogP) is 1.82. The van der Waals surface area contributed by atoms with E-state index in [1.165, 1.54) is 43.4 Å². The Balaban J connectivity index is 1.83. The van der Waals surface area contributed by atoms with Crippen molar-refractivity contribution in [1.82, 2.24) is 15.5 Å². The van der Waals surface area contributed by atoms with Gasteiger partial charge in [0.2, 0.25) is 11.0 Å². The van der Waals surface area contributed by atoms with Crippen LogP contribution in [-0.4, -0.2) is 29.7 Å². The molecule has 1 aromatic heterocycles. The number of carbonyl (C=O) groups is 1. The largest absolute Gasteiger partial charge is 0.311 e. The van der Waals surface area contributed by atoms with Gasteiger partial charge in [-0.05, 0) is 13.0 Å². The van der Waals surface area contributed by atoms with Crippen LogP contribution in [-0.2, 0) is 11.2 Å². The second kappa shape index (κ2) is 6.80. The molecule has 0 atom stereocenters. The second-order valence-corrected chi connectivity index (χ2v) is 5.85. The molecule has 0 bridgehead atoms. The van der Waals surface area contributed by atoms with Gasteiger partial charge in [0.15, 0.2) is 0 Å². The second-order valence-electron chi connectivity index (χ2n) is 4.79. The van der Waals surface area contributed by atoms with Crippen LogP contribution in [0.5, 0.6) is 0 Å². The molecule has 0 spiro atoms.